The fourth-order valence-corrected chi connectivity index (χ4v) is 4.72. The number of aromatic nitrogens is 2. The van der Waals surface area contributed by atoms with Crippen molar-refractivity contribution in [3.05, 3.63) is 71.2 Å². The van der Waals surface area contributed by atoms with Crippen LogP contribution in [0, 0.1) is 12.7 Å². The third-order valence-corrected chi connectivity index (χ3v) is 7.01. The molecule has 0 spiro atoms. The molecule has 1 fully saturated rings. The predicted octanol–water partition coefficient (Wildman–Crippen LogP) is 5.92. The first-order valence-corrected chi connectivity index (χ1v) is 13.0. The molecule has 1 aliphatic heterocycles. The molecule has 1 N–H and O–H groups in total. The number of carbonyl (C=O) groups is 1. The first-order chi connectivity index (χ1) is 18.5. The van der Waals surface area contributed by atoms with Crippen molar-refractivity contribution in [1.82, 2.24) is 19.6 Å². The van der Waals surface area contributed by atoms with Crippen LogP contribution in [0.5, 0.6) is 0 Å². The van der Waals surface area contributed by atoms with Crippen LogP contribution in [0.1, 0.15) is 37.6 Å². The lowest BCUT2D eigenvalue weighted by atomic mass is 10.1. The number of anilines is 2. The Hall–Kier alpha value is -3.60. The highest BCUT2D eigenvalue weighted by atomic mass is 19.4. The van der Waals surface area contributed by atoms with Gasteiger partial charge in [0.1, 0.15) is 11.6 Å². The van der Waals surface area contributed by atoms with Gasteiger partial charge in [0, 0.05) is 43.5 Å². The summed E-state index contributed by atoms with van der Waals surface area (Å²) in [6.07, 6.45) is -4.45. The molecule has 39 heavy (non-hydrogen) atoms. The standard InChI is InChI=1S/C28H34F4N6O/c1-5-35-13-15-36(16-14-35)26-25(20(4)34-38(26)24-8-6-7-22(29)17-24)18-37(19(2)3)27(39)33-23-11-9-21(10-12-23)28(30,31)32/h6-12,17,19H,5,13-16,18H2,1-4H3,(H,33,39). The summed E-state index contributed by atoms with van der Waals surface area (Å²) >= 11 is 0. The van der Waals surface area contributed by atoms with Crippen molar-refractivity contribution in [3.63, 3.8) is 0 Å². The number of rotatable bonds is 7. The van der Waals surface area contributed by atoms with Crippen molar-refractivity contribution in [2.45, 2.75) is 46.5 Å². The number of alkyl halides is 3. The number of carbonyl (C=O) groups excluding carboxylic acids is 1. The normalized spacial score (nSPS) is 14.6. The van der Waals surface area contributed by atoms with E-state index < -0.39 is 17.8 Å². The lowest BCUT2D eigenvalue weighted by Crippen LogP contribution is -2.47. The number of hydrogen-bond acceptors (Lipinski definition) is 4. The molecule has 1 saturated heterocycles. The van der Waals surface area contributed by atoms with Crippen LogP contribution < -0.4 is 10.2 Å². The Morgan fingerprint density at radius 2 is 1.74 bits per heavy atom. The summed E-state index contributed by atoms with van der Waals surface area (Å²) in [6, 6.07) is 9.95. The number of halogens is 4. The van der Waals surface area contributed by atoms with Gasteiger partial charge in [-0.25, -0.2) is 13.9 Å². The third kappa shape index (κ3) is 6.52. The second kappa shape index (κ2) is 11.6. The van der Waals surface area contributed by atoms with Crippen molar-refractivity contribution >= 4 is 17.5 Å². The molecule has 7 nitrogen and oxygen atoms in total. The highest BCUT2D eigenvalue weighted by Gasteiger charge is 2.31. The summed E-state index contributed by atoms with van der Waals surface area (Å²) in [5.41, 5.74) is 1.61. The molecule has 4 rings (SSSR count). The number of amides is 2. The second-order valence-corrected chi connectivity index (χ2v) is 9.93. The van der Waals surface area contributed by atoms with Gasteiger partial charge in [-0.1, -0.05) is 13.0 Å². The van der Waals surface area contributed by atoms with E-state index in [4.69, 9.17) is 5.10 Å². The molecule has 0 radical (unpaired) electrons. The molecule has 210 valence electrons. The average Bonchev–Trinajstić information content (AvgIpc) is 3.22. The molecule has 2 amide bonds. The number of urea groups is 1. The molecule has 3 aromatic rings. The molecular weight excluding hydrogens is 512 g/mol. The molecule has 0 bridgehead atoms. The minimum atomic E-state index is -4.45. The fraction of sp³-hybridized carbons (Fsp3) is 0.429. The van der Waals surface area contributed by atoms with Crippen LogP contribution in [0.2, 0.25) is 0 Å². The van der Waals surface area contributed by atoms with E-state index in [-0.39, 0.29) is 24.1 Å². The Kier molecular flexibility index (Phi) is 8.48. The van der Waals surface area contributed by atoms with Gasteiger partial charge in [-0.2, -0.15) is 18.3 Å². The zero-order valence-electron chi connectivity index (χ0n) is 22.6. The molecular formula is C28H34F4N6O. The molecule has 0 unspecified atom stereocenters. The molecule has 1 aromatic heterocycles. The largest absolute Gasteiger partial charge is 0.416 e. The van der Waals surface area contributed by atoms with Crippen molar-refractivity contribution in [2.75, 3.05) is 42.9 Å². The quantitative estimate of drug-likeness (QED) is 0.374. The molecule has 2 heterocycles. The zero-order chi connectivity index (χ0) is 28.3. The van der Waals surface area contributed by atoms with Crippen molar-refractivity contribution in [3.8, 4) is 5.69 Å². The van der Waals surface area contributed by atoms with E-state index in [1.807, 2.05) is 20.8 Å². The first kappa shape index (κ1) is 28.4. The molecule has 0 atom stereocenters. The predicted molar refractivity (Wildman–Crippen MR) is 144 cm³/mol. The summed E-state index contributed by atoms with van der Waals surface area (Å²) in [6.45, 7) is 12.1. The highest BCUT2D eigenvalue weighted by molar-refractivity contribution is 5.89. The Labute approximate surface area is 226 Å². The topological polar surface area (TPSA) is 56.6 Å². The van der Waals surface area contributed by atoms with Gasteiger partial charge in [0.25, 0.3) is 0 Å². The summed E-state index contributed by atoms with van der Waals surface area (Å²) in [5, 5.41) is 7.48. The smallest absolute Gasteiger partial charge is 0.354 e. The minimum Gasteiger partial charge on any atom is -0.354 e. The molecule has 0 saturated carbocycles. The molecule has 0 aliphatic carbocycles. The summed E-state index contributed by atoms with van der Waals surface area (Å²) in [7, 11) is 0. The third-order valence-electron chi connectivity index (χ3n) is 7.01. The van der Waals surface area contributed by atoms with Crippen molar-refractivity contribution in [1.29, 1.82) is 0 Å². The molecule has 11 heteroatoms. The van der Waals surface area contributed by atoms with Crippen LogP contribution in [0.3, 0.4) is 0 Å². The van der Waals surface area contributed by atoms with Gasteiger partial charge in [-0.3, -0.25) is 0 Å². The van der Waals surface area contributed by atoms with E-state index >= 15 is 0 Å². The maximum atomic E-state index is 14.2. The van der Waals surface area contributed by atoms with Gasteiger partial charge in [-0.15, -0.1) is 0 Å². The number of aryl methyl sites for hydroxylation is 1. The first-order valence-electron chi connectivity index (χ1n) is 13.0. The van der Waals surface area contributed by atoms with E-state index in [1.165, 1.54) is 24.3 Å². The van der Waals surface area contributed by atoms with E-state index in [0.29, 0.717) is 11.4 Å². The van der Waals surface area contributed by atoms with Crippen LogP contribution in [0.15, 0.2) is 48.5 Å². The number of piperazine rings is 1. The Balaban J connectivity index is 1.65. The number of nitrogens with one attached hydrogen (secondary N) is 1. The number of benzene rings is 2. The van der Waals surface area contributed by atoms with Crippen molar-refractivity contribution in [2.24, 2.45) is 0 Å². The lowest BCUT2D eigenvalue weighted by molar-refractivity contribution is -0.137. The van der Waals surface area contributed by atoms with Crippen LogP contribution in [0.25, 0.3) is 5.69 Å². The molecule has 1 aliphatic rings. The van der Waals surface area contributed by atoms with Crippen LogP contribution in [-0.4, -0.2) is 64.4 Å². The Morgan fingerprint density at radius 3 is 2.31 bits per heavy atom. The maximum absolute atomic E-state index is 14.2. The average molecular weight is 547 g/mol. The SMILES string of the molecule is CCN1CCN(c2c(CN(C(=O)Nc3ccc(C(F)(F)F)cc3)C(C)C)c(C)nn2-c2cccc(F)c2)CC1. The van der Waals surface area contributed by atoms with Crippen LogP contribution in [-0.2, 0) is 12.7 Å². The van der Waals surface area contributed by atoms with Gasteiger partial charge < -0.3 is 20.0 Å². The summed E-state index contributed by atoms with van der Waals surface area (Å²) in [5.74, 6) is 0.436. The maximum Gasteiger partial charge on any atom is 0.416 e. The highest BCUT2D eigenvalue weighted by Crippen LogP contribution is 2.32. The number of likely N-dealkylation sites (N-methyl/N-ethyl adjacent to an activating group) is 1. The Morgan fingerprint density at radius 1 is 1.08 bits per heavy atom. The van der Waals surface area contributed by atoms with Gasteiger partial charge in [0.2, 0.25) is 0 Å². The molecule has 2 aromatic carbocycles. The van der Waals surface area contributed by atoms with Crippen LogP contribution >= 0.6 is 0 Å². The van der Waals surface area contributed by atoms with Gasteiger partial charge in [0.05, 0.1) is 23.5 Å². The zero-order valence-corrected chi connectivity index (χ0v) is 22.6. The summed E-state index contributed by atoms with van der Waals surface area (Å²) in [4.78, 5) is 19.5. The summed E-state index contributed by atoms with van der Waals surface area (Å²) < 4.78 is 54.7. The van der Waals surface area contributed by atoms with Gasteiger partial charge >= 0.3 is 12.2 Å². The van der Waals surface area contributed by atoms with Gasteiger partial charge in [0.15, 0.2) is 0 Å². The van der Waals surface area contributed by atoms with Crippen molar-refractivity contribution < 1.29 is 22.4 Å². The van der Waals surface area contributed by atoms with Gasteiger partial charge in [-0.05, 0) is 69.8 Å². The Bertz CT molecular complexity index is 1280. The van der Waals surface area contributed by atoms with E-state index in [1.54, 1.807) is 21.7 Å². The van der Waals surface area contributed by atoms with Crippen LogP contribution in [0.4, 0.5) is 33.9 Å². The van der Waals surface area contributed by atoms with E-state index in [2.05, 4.69) is 22.0 Å². The van der Waals surface area contributed by atoms with E-state index in [0.717, 1.165) is 56.2 Å². The number of hydrogen-bond donors (Lipinski definition) is 1. The fourth-order valence-electron chi connectivity index (χ4n) is 4.72. The monoisotopic (exact) mass is 546 g/mol. The second-order valence-electron chi connectivity index (χ2n) is 9.93. The number of nitrogens with zero attached hydrogens (tertiary/aromatic N) is 5. The minimum absolute atomic E-state index is 0.217. The van der Waals surface area contributed by atoms with E-state index in [9.17, 15) is 22.4 Å². The lowest BCUT2D eigenvalue weighted by Gasteiger charge is -2.36.